The molecule has 0 bridgehead atoms. The molecule has 1 aromatic heterocycles. The van der Waals surface area contributed by atoms with Crippen molar-refractivity contribution in [1.82, 2.24) is 0 Å². The first kappa shape index (κ1) is 17.7. The van der Waals surface area contributed by atoms with Gasteiger partial charge < -0.3 is 8.94 Å². The summed E-state index contributed by atoms with van der Waals surface area (Å²) in [6.45, 7) is 3.14. The Labute approximate surface area is 145 Å². The molecule has 25 heavy (non-hydrogen) atoms. The Morgan fingerprint density at radius 3 is 2.68 bits per heavy atom. The van der Waals surface area contributed by atoms with Crippen molar-refractivity contribution in [2.24, 2.45) is 0 Å². The maximum atomic E-state index is 12.6. The molecule has 2 aromatic rings. The first-order chi connectivity index (χ1) is 11.9. The van der Waals surface area contributed by atoms with Crippen molar-refractivity contribution < 1.29 is 18.0 Å². The summed E-state index contributed by atoms with van der Waals surface area (Å²) in [6.07, 6.45) is 5.08. The number of aryl methyl sites for hydroxylation is 1. The second-order valence-electron chi connectivity index (χ2n) is 6.39. The molecule has 1 unspecified atom stereocenters. The van der Waals surface area contributed by atoms with E-state index in [-0.39, 0.29) is 17.3 Å². The third kappa shape index (κ3) is 3.95. The fourth-order valence-corrected chi connectivity index (χ4v) is 4.47. The van der Waals surface area contributed by atoms with Crippen LogP contribution >= 0.6 is 7.60 Å². The van der Waals surface area contributed by atoms with E-state index < -0.39 is 13.2 Å². The van der Waals surface area contributed by atoms with Crippen molar-refractivity contribution in [2.75, 3.05) is 6.66 Å². The molecular formula is C18H20NO5P. The van der Waals surface area contributed by atoms with Gasteiger partial charge in [-0.2, -0.15) is 5.26 Å². The minimum absolute atomic E-state index is 0.0111. The molecule has 3 rings (SSSR count). The Balaban J connectivity index is 1.85. The van der Waals surface area contributed by atoms with Gasteiger partial charge in [-0.05, 0) is 37.5 Å². The molecule has 0 N–H and O–H groups in total. The van der Waals surface area contributed by atoms with E-state index in [9.17, 15) is 9.36 Å². The summed E-state index contributed by atoms with van der Waals surface area (Å²) in [5.41, 5.74) is 0.140. The third-order valence-electron chi connectivity index (χ3n) is 4.41. The Bertz CT molecular complexity index is 937. The first-order valence-electron chi connectivity index (χ1n) is 8.33. The van der Waals surface area contributed by atoms with Gasteiger partial charge in [0.2, 0.25) is 0 Å². The van der Waals surface area contributed by atoms with Crippen LogP contribution in [0.4, 0.5) is 0 Å². The zero-order valence-corrected chi connectivity index (χ0v) is 15.2. The highest BCUT2D eigenvalue weighted by molar-refractivity contribution is 7.53. The van der Waals surface area contributed by atoms with E-state index in [1.807, 2.05) is 6.07 Å². The summed E-state index contributed by atoms with van der Waals surface area (Å²) in [5.74, 6) is 0.307. The number of hydrogen-bond acceptors (Lipinski definition) is 6. The lowest BCUT2D eigenvalue weighted by Crippen LogP contribution is -2.16. The van der Waals surface area contributed by atoms with Crippen LogP contribution in [0.5, 0.6) is 5.75 Å². The van der Waals surface area contributed by atoms with Gasteiger partial charge in [0, 0.05) is 18.1 Å². The summed E-state index contributed by atoms with van der Waals surface area (Å²) < 4.78 is 29.1. The van der Waals surface area contributed by atoms with Crippen LogP contribution in [0.15, 0.2) is 27.4 Å². The van der Waals surface area contributed by atoms with Gasteiger partial charge >= 0.3 is 13.2 Å². The zero-order valence-electron chi connectivity index (χ0n) is 14.3. The van der Waals surface area contributed by atoms with E-state index in [1.165, 1.54) is 19.2 Å². The van der Waals surface area contributed by atoms with Crippen molar-refractivity contribution in [1.29, 1.82) is 5.26 Å². The Morgan fingerprint density at radius 1 is 1.28 bits per heavy atom. The summed E-state index contributed by atoms with van der Waals surface area (Å²) in [4.78, 5) is 11.8. The predicted molar refractivity (Wildman–Crippen MR) is 94.1 cm³/mol. The molecule has 1 aromatic carbocycles. The molecule has 1 aliphatic carbocycles. The number of nitrogens with zero attached hydrogens (tertiary/aromatic N) is 1. The van der Waals surface area contributed by atoms with Crippen LogP contribution in [-0.2, 0) is 9.09 Å². The largest absolute Gasteiger partial charge is 0.424 e. The average Bonchev–Trinajstić information content (AvgIpc) is 2.55. The van der Waals surface area contributed by atoms with Crippen molar-refractivity contribution in [2.45, 2.75) is 45.1 Å². The summed E-state index contributed by atoms with van der Waals surface area (Å²) in [6, 6.07) is 6.68. The normalized spacial score (nSPS) is 17.8. The van der Waals surface area contributed by atoms with E-state index in [4.69, 9.17) is 18.7 Å². The number of fused-ring (bicyclic) bond motifs is 1. The first-order valence-corrected chi connectivity index (χ1v) is 10.3. The lowest BCUT2D eigenvalue weighted by Gasteiger charge is -2.25. The highest BCUT2D eigenvalue weighted by atomic mass is 31.2. The van der Waals surface area contributed by atoms with Crippen LogP contribution in [-0.4, -0.2) is 12.8 Å². The topological polar surface area (TPSA) is 89.5 Å². The van der Waals surface area contributed by atoms with Crippen molar-refractivity contribution in [3.63, 3.8) is 0 Å². The van der Waals surface area contributed by atoms with Gasteiger partial charge in [-0.3, -0.25) is 4.52 Å². The number of benzene rings is 1. The summed E-state index contributed by atoms with van der Waals surface area (Å²) in [7, 11) is -3.27. The van der Waals surface area contributed by atoms with Gasteiger partial charge in [-0.25, -0.2) is 9.36 Å². The molecule has 132 valence electrons. The lowest BCUT2D eigenvalue weighted by molar-refractivity contribution is 0.140. The van der Waals surface area contributed by atoms with Gasteiger partial charge in [-0.15, -0.1) is 0 Å². The minimum atomic E-state index is -3.27. The minimum Gasteiger partial charge on any atom is -0.424 e. The maximum Gasteiger partial charge on any atom is 0.376 e. The van der Waals surface area contributed by atoms with Crippen molar-refractivity contribution in [3.05, 3.63) is 39.7 Å². The third-order valence-corrected chi connectivity index (χ3v) is 5.64. The monoisotopic (exact) mass is 361 g/mol. The smallest absolute Gasteiger partial charge is 0.376 e. The zero-order chi connectivity index (χ0) is 18.0. The van der Waals surface area contributed by atoms with Crippen LogP contribution < -0.4 is 10.1 Å². The molecule has 0 saturated heterocycles. The molecule has 0 amide bonds. The van der Waals surface area contributed by atoms with E-state index in [0.29, 0.717) is 16.7 Å². The summed E-state index contributed by atoms with van der Waals surface area (Å²) in [5, 5.41) is 9.68. The number of hydrogen-bond donors (Lipinski definition) is 0. The van der Waals surface area contributed by atoms with Gasteiger partial charge in [0.05, 0.1) is 6.10 Å². The number of rotatable bonds is 4. The highest BCUT2D eigenvalue weighted by Gasteiger charge is 2.26. The molecule has 0 aliphatic heterocycles. The van der Waals surface area contributed by atoms with Crippen LogP contribution in [0.3, 0.4) is 0 Å². The molecule has 0 spiro atoms. The molecule has 1 saturated carbocycles. The number of nitriles is 1. The van der Waals surface area contributed by atoms with Crippen LogP contribution in [0.2, 0.25) is 0 Å². The fourth-order valence-electron chi connectivity index (χ4n) is 3.18. The standard InChI is InChI=1S/C18H20NO5P/c1-12-15-9-8-14(10-17(15)22-18(20)16(12)11-19)24-25(2,21)23-13-6-4-3-5-7-13/h8-10,13H,3-7H2,1-2H3. The van der Waals surface area contributed by atoms with E-state index in [0.717, 1.165) is 25.7 Å². The van der Waals surface area contributed by atoms with Crippen molar-refractivity contribution in [3.8, 4) is 11.8 Å². The van der Waals surface area contributed by atoms with E-state index in [1.54, 1.807) is 19.1 Å². The van der Waals surface area contributed by atoms with Crippen LogP contribution in [0.1, 0.15) is 43.2 Å². The molecular weight excluding hydrogens is 341 g/mol. The quantitative estimate of drug-likeness (QED) is 0.587. The van der Waals surface area contributed by atoms with Gasteiger partial charge in [0.1, 0.15) is 23.0 Å². The Hall–Kier alpha value is -2.09. The fraction of sp³-hybridized carbons (Fsp3) is 0.444. The Kier molecular flexibility index (Phi) is 4.99. The SMILES string of the molecule is Cc1c(C#N)c(=O)oc2cc(OP(C)(=O)OC3CCCCC3)ccc12. The van der Waals surface area contributed by atoms with Crippen molar-refractivity contribution >= 4 is 18.6 Å². The van der Waals surface area contributed by atoms with Gasteiger partial charge in [0.25, 0.3) is 0 Å². The molecule has 6 nitrogen and oxygen atoms in total. The average molecular weight is 361 g/mol. The molecule has 1 atom stereocenters. The molecule has 1 fully saturated rings. The summed E-state index contributed by atoms with van der Waals surface area (Å²) >= 11 is 0. The molecule has 1 heterocycles. The van der Waals surface area contributed by atoms with Gasteiger partial charge in [0.15, 0.2) is 0 Å². The van der Waals surface area contributed by atoms with Gasteiger partial charge in [-0.1, -0.05) is 19.3 Å². The molecule has 7 heteroatoms. The second kappa shape index (κ2) is 7.03. The van der Waals surface area contributed by atoms with Crippen LogP contribution in [0, 0.1) is 18.3 Å². The molecule has 0 radical (unpaired) electrons. The lowest BCUT2D eigenvalue weighted by atomic mass is 9.98. The van der Waals surface area contributed by atoms with E-state index >= 15 is 0 Å². The maximum absolute atomic E-state index is 12.6. The predicted octanol–water partition coefficient (Wildman–Crippen LogP) is 4.52. The van der Waals surface area contributed by atoms with E-state index in [2.05, 4.69) is 0 Å². The highest BCUT2D eigenvalue weighted by Crippen LogP contribution is 2.47. The second-order valence-corrected chi connectivity index (χ2v) is 8.32. The van der Waals surface area contributed by atoms with Crippen LogP contribution in [0.25, 0.3) is 11.0 Å². The molecule has 1 aliphatic rings. The Morgan fingerprint density at radius 2 is 2.00 bits per heavy atom.